The Kier molecular flexibility index (Phi) is 8.39. The fourth-order valence-corrected chi connectivity index (χ4v) is 4.46. The maximum Gasteiger partial charge on any atom is 0.416 e. The highest BCUT2D eigenvalue weighted by molar-refractivity contribution is 9.10. The third kappa shape index (κ3) is 5.74. The lowest BCUT2D eigenvalue weighted by atomic mass is 9.98. The van der Waals surface area contributed by atoms with Gasteiger partial charge in [-0.25, -0.2) is 14.1 Å². The lowest BCUT2D eigenvalue weighted by molar-refractivity contribution is -0.221. The van der Waals surface area contributed by atoms with Crippen molar-refractivity contribution in [2.45, 2.75) is 43.9 Å². The molecule has 2 amide bonds. The fraction of sp³-hybridized carbons (Fsp3) is 0.417. The van der Waals surface area contributed by atoms with Crippen LogP contribution >= 0.6 is 15.9 Å². The molecule has 0 spiro atoms. The molecule has 8 heteroatoms. The quantitative estimate of drug-likeness (QED) is 0.327. The molecule has 0 bridgehead atoms. The predicted octanol–water partition coefficient (Wildman–Crippen LogP) is 5.18. The fourth-order valence-electron chi connectivity index (χ4n) is 4.00. The van der Waals surface area contributed by atoms with Crippen molar-refractivity contribution in [3.8, 4) is 0 Å². The number of benzene rings is 2. The van der Waals surface area contributed by atoms with E-state index >= 15 is 0 Å². The lowest BCUT2D eigenvalue weighted by Crippen LogP contribution is -2.40. The Balaban J connectivity index is 1.58. The Morgan fingerprint density at radius 2 is 1.91 bits per heavy atom. The first-order chi connectivity index (χ1) is 15.4. The summed E-state index contributed by atoms with van der Waals surface area (Å²) < 4.78 is 30.8. The number of ether oxygens (including phenoxy) is 3. The lowest BCUT2D eigenvalue weighted by Gasteiger charge is -2.31. The first-order valence-electron chi connectivity index (χ1n) is 10.5. The van der Waals surface area contributed by atoms with Gasteiger partial charge in [0.2, 0.25) is 5.91 Å². The van der Waals surface area contributed by atoms with Crippen molar-refractivity contribution >= 4 is 27.9 Å². The highest BCUT2D eigenvalue weighted by Crippen LogP contribution is 2.34. The molecule has 0 saturated carbocycles. The number of carbonyl (C=O) groups is 2. The van der Waals surface area contributed by atoms with Crippen LogP contribution in [0.2, 0.25) is 0 Å². The third-order valence-corrected chi connectivity index (χ3v) is 6.11. The van der Waals surface area contributed by atoms with Gasteiger partial charge in [-0.3, -0.25) is 4.79 Å². The van der Waals surface area contributed by atoms with E-state index in [-0.39, 0.29) is 25.0 Å². The molecule has 0 aromatic heterocycles. The van der Waals surface area contributed by atoms with Crippen LogP contribution < -0.4 is 0 Å². The van der Waals surface area contributed by atoms with Gasteiger partial charge < -0.3 is 14.2 Å². The van der Waals surface area contributed by atoms with Crippen LogP contribution in [0, 0.1) is 5.82 Å². The first kappa shape index (κ1) is 24.4. The van der Waals surface area contributed by atoms with Crippen molar-refractivity contribution in [2.75, 3.05) is 20.8 Å². The van der Waals surface area contributed by atoms with Gasteiger partial charge in [-0.2, -0.15) is 0 Å². The summed E-state index contributed by atoms with van der Waals surface area (Å²) in [5.74, 6) is -1.79. The highest BCUT2D eigenvalue weighted by atomic mass is 79.9. The average molecular weight is 508 g/mol. The topological polar surface area (TPSA) is 65.1 Å². The molecular formula is C24H27BrFNO5. The molecule has 1 aliphatic heterocycles. The van der Waals surface area contributed by atoms with E-state index in [1.165, 1.54) is 31.3 Å². The van der Waals surface area contributed by atoms with Crippen molar-refractivity contribution in [3.05, 3.63) is 69.9 Å². The Morgan fingerprint density at radius 3 is 2.56 bits per heavy atom. The van der Waals surface area contributed by atoms with E-state index in [4.69, 9.17) is 14.2 Å². The maximum absolute atomic E-state index is 13.9. The van der Waals surface area contributed by atoms with Crippen LogP contribution in [0.4, 0.5) is 9.18 Å². The van der Waals surface area contributed by atoms with E-state index in [9.17, 15) is 14.0 Å². The number of hydrogen-bond acceptors (Lipinski definition) is 5. The summed E-state index contributed by atoms with van der Waals surface area (Å²) in [5.41, 5.74) is 1.59. The van der Waals surface area contributed by atoms with Crippen LogP contribution in [-0.2, 0) is 31.2 Å². The monoisotopic (exact) mass is 507 g/mol. The predicted molar refractivity (Wildman–Crippen MR) is 120 cm³/mol. The van der Waals surface area contributed by atoms with Gasteiger partial charge in [0.15, 0.2) is 5.79 Å². The zero-order valence-electron chi connectivity index (χ0n) is 18.2. The largest absolute Gasteiger partial charge is 0.447 e. The molecule has 1 saturated heterocycles. The molecule has 172 valence electrons. The third-order valence-electron chi connectivity index (χ3n) is 5.65. The van der Waals surface area contributed by atoms with Gasteiger partial charge in [0.25, 0.3) is 0 Å². The molecule has 32 heavy (non-hydrogen) atoms. The Hall–Kier alpha value is -2.29. The zero-order valence-corrected chi connectivity index (χ0v) is 19.8. The minimum atomic E-state index is -1.13. The molecular weight excluding hydrogens is 481 g/mol. The summed E-state index contributed by atoms with van der Waals surface area (Å²) in [6, 6.07) is 13.9. The van der Waals surface area contributed by atoms with Gasteiger partial charge in [-0.15, -0.1) is 0 Å². The Labute approximate surface area is 195 Å². The van der Waals surface area contributed by atoms with E-state index in [2.05, 4.69) is 15.9 Å². The van der Waals surface area contributed by atoms with E-state index in [0.717, 1.165) is 5.56 Å². The Morgan fingerprint density at radius 1 is 1.19 bits per heavy atom. The van der Waals surface area contributed by atoms with Gasteiger partial charge in [-0.1, -0.05) is 46.3 Å². The number of nitrogens with zero attached hydrogens (tertiary/aromatic N) is 1. The average Bonchev–Trinajstić information content (AvgIpc) is 3.14. The molecule has 0 aliphatic carbocycles. The molecule has 1 atom stereocenters. The summed E-state index contributed by atoms with van der Waals surface area (Å²) in [5, 5.41) is 0. The second-order valence-electron chi connectivity index (χ2n) is 7.71. The molecule has 2 aromatic rings. The summed E-state index contributed by atoms with van der Waals surface area (Å²) in [6.07, 6.45) is 1.67. The minimum Gasteiger partial charge on any atom is -0.447 e. The molecule has 0 radical (unpaired) electrons. The number of imide groups is 1. The van der Waals surface area contributed by atoms with Crippen LogP contribution in [0.15, 0.2) is 53.0 Å². The summed E-state index contributed by atoms with van der Waals surface area (Å²) in [6.45, 7) is 0.199. The number of cyclic esters (lactones) is 1. The molecule has 1 fully saturated rings. The molecule has 2 aromatic carbocycles. The van der Waals surface area contributed by atoms with Crippen molar-refractivity contribution in [1.29, 1.82) is 0 Å². The van der Waals surface area contributed by atoms with E-state index in [0.29, 0.717) is 35.7 Å². The molecule has 1 unspecified atom stereocenters. The SMILES string of the molecule is COC(CCCCC(=O)N1C(=O)OCC1Cc1ccccc1)(OC)c1cc(F)cc(Br)c1. The van der Waals surface area contributed by atoms with Gasteiger partial charge >= 0.3 is 6.09 Å². The molecule has 3 rings (SSSR count). The number of hydrogen-bond donors (Lipinski definition) is 0. The molecule has 1 aliphatic rings. The number of halogens is 2. The molecule has 0 N–H and O–H groups in total. The van der Waals surface area contributed by atoms with Crippen molar-refractivity contribution < 1.29 is 28.2 Å². The van der Waals surface area contributed by atoms with E-state index in [1.807, 2.05) is 30.3 Å². The van der Waals surface area contributed by atoms with Crippen molar-refractivity contribution in [3.63, 3.8) is 0 Å². The first-order valence-corrected chi connectivity index (χ1v) is 11.3. The van der Waals surface area contributed by atoms with Crippen LogP contribution in [0.1, 0.15) is 36.8 Å². The molecule has 1 heterocycles. The Bertz CT molecular complexity index is 915. The van der Waals surface area contributed by atoms with E-state index < -0.39 is 17.7 Å². The van der Waals surface area contributed by atoms with Gasteiger partial charge in [-0.05, 0) is 43.0 Å². The number of amides is 2. The second kappa shape index (κ2) is 11.0. The zero-order chi connectivity index (χ0) is 23.1. The van der Waals surface area contributed by atoms with Crippen molar-refractivity contribution in [1.82, 2.24) is 4.90 Å². The number of rotatable bonds is 10. The summed E-state index contributed by atoms with van der Waals surface area (Å²) in [7, 11) is 3.00. The standard InChI is InChI=1S/C24H27BrFNO5/c1-30-24(31-2,18-13-19(25)15-20(26)14-18)11-7-6-10-22(28)27-21(16-32-23(27)29)12-17-8-4-3-5-9-17/h3-5,8-9,13-15,21H,6-7,10-12,16H2,1-2H3. The summed E-state index contributed by atoms with van der Waals surface area (Å²) >= 11 is 3.29. The van der Waals surface area contributed by atoms with E-state index in [1.54, 1.807) is 6.07 Å². The minimum absolute atomic E-state index is 0.191. The van der Waals surface area contributed by atoms with Gasteiger partial charge in [0.1, 0.15) is 12.4 Å². The number of methoxy groups -OCH3 is 2. The summed E-state index contributed by atoms with van der Waals surface area (Å²) in [4.78, 5) is 26.2. The van der Waals surface area contributed by atoms with Gasteiger partial charge in [0, 0.05) is 37.1 Å². The maximum atomic E-state index is 13.9. The number of unbranched alkanes of at least 4 members (excludes halogenated alkanes) is 1. The highest BCUT2D eigenvalue weighted by Gasteiger charge is 2.38. The smallest absolute Gasteiger partial charge is 0.416 e. The van der Waals surface area contributed by atoms with Crippen LogP contribution in [0.25, 0.3) is 0 Å². The van der Waals surface area contributed by atoms with Crippen LogP contribution in [0.3, 0.4) is 0 Å². The molecule has 6 nitrogen and oxygen atoms in total. The van der Waals surface area contributed by atoms with Gasteiger partial charge in [0.05, 0.1) is 6.04 Å². The normalized spacial score (nSPS) is 16.3. The van der Waals surface area contributed by atoms with Crippen molar-refractivity contribution in [2.24, 2.45) is 0 Å². The second-order valence-corrected chi connectivity index (χ2v) is 8.63. The number of carbonyl (C=O) groups excluding carboxylic acids is 2. The van der Waals surface area contributed by atoms with Crippen LogP contribution in [0.5, 0.6) is 0 Å². The van der Waals surface area contributed by atoms with Crippen LogP contribution in [-0.4, -0.2) is 43.8 Å².